The van der Waals surface area contributed by atoms with E-state index in [4.69, 9.17) is 11.6 Å². The van der Waals surface area contributed by atoms with Gasteiger partial charge in [0.2, 0.25) is 21.8 Å². The zero-order valence-electron chi connectivity index (χ0n) is 22.2. The number of carbonyl (C=O) groups excluding carboxylic acids is 2. The maximum atomic E-state index is 14.7. The minimum absolute atomic E-state index is 0.0142. The third-order valence-electron chi connectivity index (χ3n) is 6.31. The zero-order chi connectivity index (χ0) is 28.6. The summed E-state index contributed by atoms with van der Waals surface area (Å²) in [5, 5.41) is 3.41. The average Bonchev–Trinajstić information content (AvgIpc) is 2.89. The zero-order valence-corrected chi connectivity index (χ0v) is 23.8. The van der Waals surface area contributed by atoms with Gasteiger partial charge in [0.15, 0.2) is 0 Å². The molecule has 0 saturated heterocycles. The van der Waals surface area contributed by atoms with E-state index in [0.717, 1.165) is 22.2 Å². The number of carbonyl (C=O) groups is 2. The summed E-state index contributed by atoms with van der Waals surface area (Å²) in [5.74, 6) is -1.82. The molecule has 0 spiro atoms. The molecule has 0 saturated carbocycles. The van der Waals surface area contributed by atoms with Crippen molar-refractivity contribution in [3.05, 3.63) is 101 Å². The van der Waals surface area contributed by atoms with Crippen LogP contribution in [-0.2, 0) is 32.6 Å². The Morgan fingerprint density at radius 2 is 1.62 bits per heavy atom. The van der Waals surface area contributed by atoms with Gasteiger partial charge in [0, 0.05) is 24.0 Å². The number of nitrogens with one attached hydrogen (secondary N) is 1. The van der Waals surface area contributed by atoms with Gasteiger partial charge in [0.25, 0.3) is 0 Å². The number of halogens is 2. The predicted molar refractivity (Wildman–Crippen MR) is 152 cm³/mol. The molecule has 0 aromatic heterocycles. The molecule has 1 N–H and O–H groups in total. The molecule has 0 radical (unpaired) electrons. The molecule has 2 atom stereocenters. The average molecular weight is 574 g/mol. The molecule has 3 rings (SSSR count). The van der Waals surface area contributed by atoms with Crippen LogP contribution in [0.1, 0.15) is 31.4 Å². The lowest BCUT2D eigenvalue weighted by molar-refractivity contribution is -0.140. The summed E-state index contributed by atoms with van der Waals surface area (Å²) >= 11 is 6.20. The smallest absolute Gasteiger partial charge is 0.244 e. The number of anilines is 1. The number of hydrogen-bond acceptors (Lipinski definition) is 4. The molecule has 2 amide bonds. The number of amides is 2. The van der Waals surface area contributed by atoms with Gasteiger partial charge in [-0.15, -0.1) is 0 Å². The summed E-state index contributed by atoms with van der Waals surface area (Å²) in [4.78, 5) is 28.9. The van der Waals surface area contributed by atoms with Crippen LogP contribution in [0.5, 0.6) is 0 Å². The molecule has 2 unspecified atom stereocenters. The molecule has 0 aliphatic heterocycles. The second-order valence-electron chi connectivity index (χ2n) is 9.40. The first kappa shape index (κ1) is 30.1. The number of para-hydroxylation sites is 1. The van der Waals surface area contributed by atoms with Crippen LogP contribution in [0, 0.1) is 5.82 Å². The van der Waals surface area contributed by atoms with E-state index >= 15 is 0 Å². The van der Waals surface area contributed by atoms with Crippen LogP contribution in [0.3, 0.4) is 0 Å². The molecular weight excluding hydrogens is 541 g/mol. The minimum atomic E-state index is -4.05. The van der Waals surface area contributed by atoms with Crippen LogP contribution < -0.4 is 9.62 Å². The second kappa shape index (κ2) is 13.6. The Bertz CT molecular complexity index is 1390. The van der Waals surface area contributed by atoms with Crippen molar-refractivity contribution in [3.8, 4) is 0 Å². The number of nitrogens with zero attached hydrogens (tertiary/aromatic N) is 2. The molecule has 0 aliphatic rings. The number of hydrogen-bond donors (Lipinski definition) is 1. The van der Waals surface area contributed by atoms with Crippen molar-refractivity contribution in [2.24, 2.45) is 0 Å². The van der Waals surface area contributed by atoms with E-state index in [1.54, 1.807) is 24.3 Å². The Hall–Kier alpha value is -3.43. The van der Waals surface area contributed by atoms with Crippen molar-refractivity contribution in [1.29, 1.82) is 0 Å². The van der Waals surface area contributed by atoms with Crippen molar-refractivity contribution in [1.82, 2.24) is 10.2 Å². The summed E-state index contributed by atoms with van der Waals surface area (Å²) in [7, 11) is -4.05. The lowest BCUT2D eigenvalue weighted by Crippen LogP contribution is -2.54. The molecule has 39 heavy (non-hydrogen) atoms. The molecule has 3 aromatic carbocycles. The maximum absolute atomic E-state index is 14.7. The van der Waals surface area contributed by atoms with Crippen molar-refractivity contribution in [2.45, 2.75) is 45.3 Å². The van der Waals surface area contributed by atoms with Gasteiger partial charge in [-0.05, 0) is 48.7 Å². The highest BCUT2D eigenvalue weighted by Gasteiger charge is 2.34. The van der Waals surface area contributed by atoms with Crippen molar-refractivity contribution in [3.63, 3.8) is 0 Å². The van der Waals surface area contributed by atoms with Gasteiger partial charge in [-0.1, -0.05) is 73.1 Å². The normalized spacial score (nSPS) is 12.8. The topological polar surface area (TPSA) is 86.8 Å². The Labute approximate surface area is 234 Å². The van der Waals surface area contributed by atoms with Gasteiger partial charge >= 0.3 is 0 Å². The molecular formula is C29H33ClFN3O4S. The first-order valence-electron chi connectivity index (χ1n) is 12.6. The van der Waals surface area contributed by atoms with Gasteiger partial charge in [-0.2, -0.15) is 0 Å². The van der Waals surface area contributed by atoms with E-state index in [-0.39, 0.29) is 30.6 Å². The highest BCUT2D eigenvalue weighted by molar-refractivity contribution is 7.92. The van der Waals surface area contributed by atoms with Crippen LogP contribution in [0.25, 0.3) is 0 Å². The van der Waals surface area contributed by atoms with Gasteiger partial charge in [0.1, 0.15) is 18.4 Å². The first-order valence-corrected chi connectivity index (χ1v) is 14.8. The Morgan fingerprint density at radius 3 is 2.23 bits per heavy atom. The van der Waals surface area contributed by atoms with Crippen LogP contribution in [0.15, 0.2) is 78.9 Å². The van der Waals surface area contributed by atoms with E-state index in [0.29, 0.717) is 17.0 Å². The summed E-state index contributed by atoms with van der Waals surface area (Å²) < 4.78 is 40.8. The monoisotopic (exact) mass is 573 g/mol. The molecule has 0 aliphatic carbocycles. The van der Waals surface area contributed by atoms with Gasteiger partial charge < -0.3 is 10.2 Å². The van der Waals surface area contributed by atoms with Crippen molar-refractivity contribution < 1.29 is 22.4 Å². The molecule has 7 nitrogen and oxygen atoms in total. The fourth-order valence-electron chi connectivity index (χ4n) is 4.08. The molecule has 10 heteroatoms. The largest absolute Gasteiger partial charge is 0.352 e. The van der Waals surface area contributed by atoms with E-state index in [9.17, 15) is 22.4 Å². The fourth-order valence-corrected chi connectivity index (χ4v) is 5.14. The molecule has 0 fully saturated rings. The minimum Gasteiger partial charge on any atom is -0.352 e. The molecule has 0 heterocycles. The Morgan fingerprint density at radius 1 is 0.974 bits per heavy atom. The summed E-state index contributed by atoms with van der Waals surface area (Å²) in [6.07, 6.45) is 1.78. The quantitative estimate of drug-likeness (QED) is 0.337. The van der Waals surface area contributed by atoms with Crippen LogP contribution >= 0.6 is 11.6 Å². The van der Waals surface area contributed by atoms with Crippen LogP contribution in [0.4, 0.5) is 10.1 Å². The number of sulfonamides is 1. The fraction of sp³-hybridized carbons (Fsp3) is 0.310. The predicted octanol–water partition coefficient (Wildman–Crippen LogP) is 4.80. The lowest BCUT2D eigenvalue weighted by Gasteiger charge is -2.34. The third kappa shape index (κ3) is 8.53. The lowest BCUT2D eigenvalue weighted by atomic mass is 10.0. The molecule has 208 valence electrons. The Kier molecular flexibility index (Phi) is 10.5. The first-order chi connectivity index (χ1) is 18.5. The van der Waals surface area contributed by atoms with Gasteiger partial charge in [0.05, 0.1) is 11.9 Å². The summed E-state index contributed by atoms with van der Waals surface area (Å²) in [6, 6.07) is 20.3. The highest BCUT2D eigenvalue weighted by Crippen LogP contribution is 2.23. The van der Waals surface area contributed by atoms with Crippen molar-refractivity contribution >= 4 is 39.1 Å². The molecule has 3 aromatic rings. The summed E-state index contributed by atoms with van der Waals surface area (Å²) in [6.45, 7) is 3.09. The molecule has 0 bridgehead atoms. The van der Waals surface area contributed by atoms with Crippen LogP contribution in [-0.4, -0.2) is 50.0 Å². The third-order valence-corrected chi connectivity index (χ3v) is 7.68. The van der Waals surface area contributed by atoms with Gasteiger partial charge in [-0.25, -0.2) is 12.8 Å². The standard InChI is InChI=1S/C29H33ClFN3O4S/c1-4-21(2)32-29(36)27(18-22-11-6-5-7-12-22)33(19-23-13-10-14-24(30)17-23)28(35)20-34(39(3,37)38)26-16-9-8-15-25(26)31/h5-17,21,27H,4,18-20H2,1-3H3,(H,32,36). The number of rotatable bonds is 12. The van der Waals surface area contributed by atoms with E-state index in [1.807, 2.05) is 44.2 Å². The second-order valence-corrected chi connectivity index (χ2v) is 11.7. The van der Waals surface area contributed by atoms with E-state index < -0.39 is 34.3 Å². The van der Waals surface area contributed by atoms with Crippen LogP contribution in [0.2, 0.25) is 5.02 Å². The Balaban J connectivity index is 2.07. The van der Waals surface area contributed by atoms with E-state index in [1.165, 1.54) is 23.1 Å². The van der Waals surface area contributed by atoms with Crippen molar-refractivity contribution in [2.75, 3.05) is 17.1 Å². The van der Waals surface area contributed by atoms with Gasteiger partial charge in [-0.3, -0.25) is 13.9 Å². The van der Waals surface area contributed by atoms with E-state index in [2.05, 4.69) is 5.32 Å². The SMILES string of the molecule is CCC(C)NC(=O)C(Cc1ccccc1)N(Cc1cccc(Cl)c1)C(=O)CN(c1ccccc1F)S(C)(=O)=O. The summed E-state index contributed by atoms with van der Waals surface area (Å²) in [5.41, 5.74) is 1.22. The number of benzene rings is 3. The maximum Gasteiger partial charge on any atom is 0.244 e. The highest BCUT2D eigenvalue weighted by atomic mass is 35.5.